The molecule has 0 radical (unpaired) electrons. The summed E-state index contributed by atoms with van der Waals surface area (Å²) in [4.78, 5) is 16.8. The third-order valence-corrected chi connectivity index (χ3v) is 2.38. The molecule has 0 saturated carbocycles. The van der Waals surface area contributed by atoms with Gasteiger partial charge in [0.05, 0.1) is 6.04 Å². The van der Waals surface area contributed by atoms with E-state index in [1.54, 1.807) is 0 Å². The van der Waals surface area contributed by atoms with E-state index in [0.717, 1.165) is 17.4 Å². The number of nitrogens with zero attached hydrogens (tertiary/aromatic N) is 2. The number of rotatable bonds is 3. The summed E-state index contributed by atoms with van der Waals surface area (Å²) in [6.45, 7) is 0. The van der Waals surface area contributed by atoms with Crippen molar-refractivity contribution < 1.29 is 9.21 Å². The first kappa shape index (κ1) is 9.86. The summed E-state index contributed by atoms with van der Waals surface area (Å²) in [6.07, 6.45) is 2.32. The molecule has 1 atom stereocenters. The van der Waals surface area contributed by atoms with Gasteiger partial charge in [0.1, 0.15) is 11.8 Å². The van der Waals surface area contributed by atoms with E-state index < -0.39 is 0 Å². The largest absolute Gasteiger partial charge is 0.443 e. The lowest BCUT2D eigenvalue weighted by atomic mass is 10.1. The van der Waals surface area contributed by atoms with Crippen LogP contribution in [0.2, 0.25) is 0 Å². The fraction of sp³-hybridized carbons (Fsp3) is 0.273. The molecule has 78 valence electrons. The Balaban J connectivity index is 2.46. The third-order valence-electron chi connectivity index (χ3n) is 2.38. The van der Waals surface area contributed by atoms with Gasteiger partial charge in [-0.15, -0.1) is 0 Å². The quantitative estimate of drug-likeness (QED) is 0.713. The van der Waals surface area contributed by atoms with Gasteiger partial charge in [0.2, 0.25) is 0 Å². The average molecular weight is 204 g/mol. The first-order valence-corrected chi connectivity index (χ1v) is 4.67. The average Bonchev–Trinajstić information content (AvgIpc) is 2.65. The molecule has 0 spiro atoms. The van der Waals surface area contributed by atoms with Crippen molar-refractivity contribution in [2.75, 3.05) is 14.1 Å². The second kappa shape index (κ2) is 3.82. The molecular weight excluding hydrogens is 192 g/mol. The summed E-state index contributed by atoms with van der Waals surface area (Å²) in [5.74, 6) is 0. The van der Waals surface area contributed by atoms with Gasteiger partial charge in [-0.1, -0.05) is 6.07 Å². The van der Waals surface area contributed by atoms with Crippen LogP contribution in [-0.4, -0.2) is 30.3 Å². The van der Waals surface area contributed by atoms with Crippen molar-refractivity contribution in [2.24, 2.45) is 0 Å². The zero-order valence-corrected chi connectivity index (χ0v) is 8.68. The van der Waals surface area contributed by atoms with Gasteiger partial charge in [-0.25, -0.2) is 4.98 Å². The second-order valence-corrected chi connectivity index (χ2v) is 3.62. The number of hydrogen-bond acceptors (Lipinski definition) is 4. The van der Waals surface area contributed by atoms with Gasteiger partial charge < -0.3 is 9.21 Å². The number of likely N-dealkylation sites (N-methyl/N-ethyl adjacent to an activating group) is 1. The van der Waals surface area contributed by atoms with E-state index in [-0.39, 0.29) is 6.04 Å². The summed E-state index contributed by atoms with van der Waals surface area (Å²) >= 11 is 0. The van der Waals surface area contributed by atoms with Crippen LogP contribution in [0.1, 0.15) is 11.6 Å². The molecule has 1 unspecified atom stereocenters. The van der Waals surface area contributed by atoms with Crippen molar-refractivity contribution in [3.8, 4) is 0 Å². The summed E-state index contributed by atoms with van der Waals surface area (Å²) in [5.41, 5.74) is 2.43. The Hall–Kier alpha value is -1.68. The predicted molar refractivity (Wildman–Crippen MR) is 56.5 cm³/mol. The summed E-state index contributed by atoms with van der Waals surface area (Å²) in [5, 5.41) is 0. The van der Waals surface area contributed by atoms with Crippen LogP contribution in [-0.2, 0) is 4.79 Å². The maximum Gasteiger partial charge on any atom is 0.181 e. The maximum absolute atomic E-state index is 10.9. The van der Waals surface area contributed by atoms with Gasteiger partial charge in [0, 0.05) is 0 Å². The van der Waals surface area contributed by atoms with Crippen molar-refractivity contribution >= 4 is 17.4 Å². The van der Waals surface area contributed by atoms with E-state index in [4.69, 9.17) is 4.42 Å². The number of oxazole rings is 1. The first-order valence-electron chi connectivity index (χ1n) is 4.67. The van der Waals surface area contributed by atoms with Crippen molar-refractivity contribution in [3.63, 3.8) is 0 Å². The first-order chi connectivity index (χ1) is 7.22. The van der Waals surface area contributed by atoms with Crippen LogP contribution in [0.4, 0.5) is 0 Å². The zero-order chi connectivity index (χ0) is 10.8. The Morgan fingerprint density at radius 3 is 2.93 bits per heavy atom. The number of aromatic nitrogens is 1. The molecule has 0 saturated heterocycles. The SMILES string of the molecule is CN(C)C(C=O)c1ccc2ncoc2c1. The van der Waals surface area contributed by atoms with Gasteiger partial charge in [0.25, 0.3) is 0 Å². The molecule has 1 aromatic heterocycles. The molecule has 2 rings (SSSR count). The third kappa shape index (κ3) is 1.76. The molecule has 0 aliphatic rings. The highest BCUT2D eigenvalue weighted by Gasteiger charge is 2.13. The van der Waals surface area contributed by atoms with E-state index in [1.165, 1.54) is 6.39 Å². The van der Waals surface area contributed by atoms with Crippen molar-refractivity contribution in [2.45, 2.75) is 6.04 Å². The number of hydrogen-bond donors (Lipinski definition) is 0. The fourth-order valence-corrected chi connectivity index (χ4v) is 1.55. The lowest BCUT2D eigenvalue weighted by molar-refractivity contribution is -0.111. The monoisotopic (exact) mass is 204 g/mol. The second-order valence-electron chi connectivity index (χ2n) is 3.62. The smallest absolute Gasteiger partial charge is 0.181 e. The van der Waals surface area contributed by atoms with Gasteiger partial charge in [-0.3, -0.25) is 4.90 Å². The standard InChI is InChI=1S/C11H12N2O2/c1-13(2)10(6-14)8-3-4-9-11(5-8)15-7-12-9/h3-7,10H,1-2H3. The minimum absolute atomic E-state index is 0.237. The minimum atomic E-state index is -0.237. The highest BCUT2D eigenvalue weighted by molar-refractivity contribution is 5.75. The van der Waals surface area contributed by atoms with Crippen LogP contribution in [0.25, 0.3) is 11.1 Å². The highest BCUT2D eigenvalue weighted by atomic mass is 16.3. The molecule has 2 aromatic rings. The molecule has 1 heterocycles. The summed E-state index contributed by atoms with van der Waals surface area (Å²) < 4.78 is 5.19. The zero-order valence-electron chi connectivity index (χ0n) is 8.68. The normalized spacial score (nSPS) is 13.3. The molecule has 0 bridgehead atoms. The number of fused-ring (bicyclic) bond motifs is 1. The Morgan fingerprint density at radius 1 is 1.47 bits per heavy atom. The van der Waals surface area contributed by atoms with E-state index in [9.17, 15) is 4.79 Å². The molecule has 0 N–H and O–H groups in total. The van der Waals surface area contributed by atoms with Gasteiger partial charge >= 0.3 is 0 Å². The Kier molecular flexibility index (Phi) is 2.51. The van der Waals surface area contributed by atoms with E-state index in [0.29, 0.717) is 5.58 Å². The molecule has 4 nitrogen and oxygen atoms in total. The van der Waals surface area contributed by atoms with Gasteiger partial charge in [0.15, 0.2) is 12.0 Å². The van der Waals surface area contributed by atoms with E-state index in [1.807, 2.05) is 37.2 Å². The van der Waals surface area contributed by atoms with Crippen LogP contribution < -0.4 is 0 Å². The van der Waals surface area contributed by atoms with Crippen molar-refractivity contribution in [1.29, 1.82) is 0 Å². The maximum atomic E-state index is 10.9. The number of carbonyl (C=O) groups is 1. The molecule has 0 aliphatic heterocycles. The molecular formula is C11H12N2O2. The molecule has 0 amide bonds. The molecule has 0 aliphatic carbocycles. The lowest BCUT2D eigenvalue weighted by Crippen LogP contribution is -2.20. The Bertz CT molecular complexity index is 476. The molecule has 4 heteroatoms. The highest BCUT2D eigenvalue weighted by Crippen LogP contribution is 2.21. The van der Waals surface area contributed by atoms with Crippen LogP contribution in [0.5, 0.6) is 0 Å². The number of benzene rings is 1. The molecule has 1 aromatic carbocycles. The Morgan fingerprint density at radius 2 is 2.27 bits per heavy atom. The summed E-state index contributed by atoms with van der Waals surface area (Å²) in [6, 6.07) is 5.36. The molecule has 0 fully saturated rings. The topological polar surface area (TPSA) is 46.3 Å². The van der Waals surface area contributed by atoms with Crippen LogP contribution >= 0.6 is 0 Å². The van der Waals surface area contributed by atoms with E-state index in [2.05, 4.69) is 4.98 Å². The molecule has 15 heavy (non-hydrogen) atoms. The Labute approximate surface area is 87.5 Å². The van der Waals surface area contributed by atoms with Gasteiger partial charge in [-0.05, 0) is 31.8 Å². The number of aldehydes is 1. The minimum Gasteiger partial charge on any atom is -0.443 e. The lowest BCUT2D eigenvalue weighted by Gasteiger charge is -2.18. The van der Waals surface area contributed by atoms with Crippen LogP contribution in [0, 0.1) is 0 Å². The summed E-state index contributed by atoms with van der Waals surface area (Å²) in [7, 11) is 3.73. The van der Waals surface area contributed by atoms with Gasteiger partial charge in [-0.2, -0.15) is 0 Å². The van der Waals surface area contributed by atoms with Crippen LogP contribution in [0.15, 0.2) is 29.0 Å². The van der Waals surface area contributed by atoms with E-state index >= 15 is 0 Å². The van der Waals surface area contributed by atoms with Crippen LogP contribution in [0.3, 0.4) is 0 Å². The van der Waals surface area contributed by atoms with Crippen molar-refractivity contribution in [3.05, 3.63) is 30.2 Å². The van der Waals surface area contributed by atoms with Crippen molar-refractivity contribution in [1.82, 2.24) is 9.88 Å². The fourth-order valence-electron chi connectivity index (χ4n) is 1.55. The number of carbonyl (C=O) groups excluding carboxylic acids is 1. The predicted octanol–water partition coefficient (Wildman–Crippen LogP) is 1.63.